The largest absolute Gasteiger partial charge is 0.478 e. The Hall–Kier alpha value is -0.830. The highest BCUT2D eigenvalue weighted by atomic mass is 127. The number of nitrogens with one attached hydrogen (secondary N) is 1. The summed E-state index contributed by atoms with van der Waals surface area (Å²) in [6.45, 7) is 1.77. The number of thiophene rings is 1. The van der Waals surface area contributed by atoms with Crippen LogP contribution in [0.5, 0.6) is 0 Å². The molecule has 0 fully saturated rings. The SMILES string of the molecule is Cc1cc(C(=O)O)c(NC(=O)c2cc(Cl)cc(Cl)c2I)s1. The van der Waals surface area contributed by atoms with Gasteiger partial charge >= 0.3 is 5.97 Å². The van der Waals surface area contributed by atoms with Crippen LogP contribution in [-0.2, 0) is 0 Å². The minimum atomic E-state index is -1.09. The van der Waals surface area contributed by atoms with Gasteiger partial charge in [-0.3, -0.25) is 4.79 Å². The highest BCUT2D eigenvalue weighted by molar-refractivity contribution is 14.1. The Morgan fingerprint density at radius 1 is 1.24 bits per heavy atom. The number of carbonyl (C=O) groups excluding carboxylic acids is 1. The van der Waals surface area contributed by atoms with Gasteiger partial charge in [0.1, 0.15) is 5.00 Å². The highest BCUT2D eigenvalue weighted by Gasteiger charge is 2.19. The number of carboxylic acid groups (broad SMARTS) is 1. The summed E-state index contributed by atoms with van der Waals surface area (Å²) >= 11 is 15.0. The zero-order valence-electron chi connectivity index (χ0n) is 10.5. The summed E-state index contributed by atoms with van der Waals surface area (Å²) in [5.41, 5.74) is 0.365. The predicted octanol–water partition coefficient (Wildman–Crippen LogP) is 4.92. The fourth-order valence-electron chi connectivity index (χ4n) is 1.66. The molecule has 8 heteroatoms. The van der Waals surface area contributed by atoms with Crippen molar-refractivity contribution in [2.75, 3.05) is 5.32 Å². The minimum Gasteiger partial charge on any atom is -0.478 e. The Morgan fingerprint density at radius 2 is 1.90 bits per heavy atom. The molecule has 0 saturated carbocycles. The van der Waals surface area contributed by atoms with Gasteiger partial charge in [-0.2, -0.15) is 0 Å². The lowest BCUT2D eigenvalue weighted by Crippen LogP contribution is -2.14. The number of halogens is 3. The van der Waals surface area contributed by atoms with Crippen molar-refractivity contribution in [1.29, 1.82) is 0 Å². The summed E-state index contributed by atoms with van der Waals surface area (Å²) in [5, 5.41) is 12.7. The first-order valence-corrected chi connectivity index (χ1v) is 8.24. The number of hydrogen-bond acceptors (Lipinski definition) is 3. The quantitative estimate of drug-likeness (QED) is 0.510. The maximum Gasteiger partial charge on any atom is 0.338 e. The van der Waals surface area contributed by atoms with Crippen molar-refractivity contribution in [1.82, 2.24) is 0 Å². The number of benzene rings is 1. The summed E-state index contributed by atoms with van der Waals surface area (Å²) in [6.07, 6.45) is 0. The number of carboxylic acids is 1. The second-order valence-corrected chi connectivity index (χ2v) is 7.29. The van der Waals surface area contributed by atoms with Crippen molar-refractivity contribution in [2.45, 2.75) is 6.92 Å². The average molecular weight is 456 g/mol. The predicted molar refractivity (Wildman–Crippen MR) is 93.1 cm³/mol. The molecular weight excluding hydrogens is 448 g/mol. The number of amides is 1. The van der Waals surface area contributed by atoms with Gasteiger partial charge in [-0.15, -0.1) is 11.3 Å². The van der Waals surface area contributed by atoms with E-state index in [0.29, 0.717) is 19.2 Å². The molecule has 0 aliphatic heterocycles. The van der Waals surface area contributed by atoms with Crippen molar-refractivity contribution < 1.29 is 14.7 Å². The number of anilines is 1. The molecular formula is C13H8Cl2INO3S. The molecule has 0 bridgehead atoms. The molecule has 21 heavy (non-hydrogen) atoms. The first-order chi connectivity index (χ1) is 9.79. The van der Waals surface area contributed by atoms with Crippen molar-refractivity contribution >= 4 is 74.0 Å². The van der Waals surface area contributed by atoms with Gasteiger partial charge < -0.3 is 10.4 Å². The van der Waals surface area contributed by atoms with Crippen LogP contribution >= 0.6 is 57.1 Å². The van der Waals surface area contributed by atoms with Crippen LogP contribution in [0.4, 0.5) is 5.00 Å². The Labute approximate surface area is 148 Å². The van der Waals surface area contributed by atoms with E-state index in [2.05, 4.69) is 5.32 Å². The number of aryl methyl sites for hydroxylation is 1. The fraction of sp³-hybridized carbons (Fsp3) is 0.0769. The van der Waals surface area contributed by atoms with Gasteiger partial charge in [0.25, 0.3) is 5.91 Å². The van der Waals surface area contributed by atoms with Crippen LogP contribution in [-0.4, -0.2) is 17.0 Å². The van der Waals surface area contributed by atoms with Gasteiger partial charge in [0, 0.05) is 13.5 Å². The first kappa shape index (κ1) is 16.5. The van der Waals surface area contributed by atoms with Crippen LogP contribution in [0.25, 0.3) is 0 Å². The zero-order valence-corrected chi connectivity index (χ0v) is 15.0. The summed E-state index contributed by atoms with van der Waals surface area (Å²) in [6, 6.07) is 4.55. The molecule has 0 aliphatic carbocycles. The Morgan fingerprint density at radius 3 is 2.52 bits per heavy atom. The zero-order chi connectivity index (χ0) is 15.7. The van der Waals surface area contributed by atoms with Gasteiger partial charge in [0.05, 0.1) is 16.1 Å². The van der Waals surface area contributed by atoms with Crippen LogP contribution in [0.1, 0.15) is 25.6 Å². The third kappa shape index (κ3) is 3.68. The molecule has 1 heterocycles. The van der Waals surface area contributed by atoms with Crippen LogP contribution in [0.3, 0.4) is 0 Å². The van der Waals surface area contributed by atoms with E-state index in [1.54, 1.807) is 13.0 Å². The highest BCUT2D eigenvalue weighted by Crippen LogP contribution is 2.30. The summed E-state index contributed by atoms with van der Waals surface area (Å²) < 4.78 is 0.557. The first-order valence-electron chi connectivity index (χ1n) is 5.59. The van der Waals surface area contributed by atoms with Gasteiger partial charge in [-0.1, -0.05) is 23.2 Å². The Balaban J connectivity index is 2.37. The minimum absolute atomic E-state index is 0.0639. The van der Waals surface area contributed by atoms with E-state index in [0.717, 1.165) is 4.88 Å². The van der Waals surface area contributed by atoms with Crippen molar-refractivity contribution in [3.8, 4) is 0 Å². The molecule has 0 atom stereocenters. The Kier molecular flexibility index (Phi) is 5.13. The van der Waals surface area contributed by atoms with E-state index in [9.17, 15) is 9.59 Å². The van der Waals surface area contributed by atoms with E-state index in [1.165, 1.54) is 23.5 Å². The number of rotatable bonds is 3. The molecule has 4 nitrogen and oxygen atoms in total. The molecule has 1 aromatic carbocycles. The van der Waals surface area contributed by atoms with Crippen LogP contribution < -0.4 is 5.32 Å². The van der Waals surface area contributed by atoms with Crippen molar-refractivity contribution in [3.63, 3.8) is 0 Å². The standard InChI is InChI=1S/C13H8Cl2INO3S/c1-5-2-8(13(19)20)12(21-5)17-11(18)7-3-6(14)4-9(15)10(7)16/h2-4H,1H3,(H,17,18)(H,19,20). The third-order valence-electron chi connectivity index (χ3n) is 2.55. The fourth-order valence-corrected chi connectivity index (χ4v) is 3.61. The summed E-state index contributed by atoms with van der Waals surface area (Å²) in [5.74, 6) is -1.54. The van der Waals surface area contributed by atoms with Crippen LogP contribution in [0, 0.1) is 10.5 Å². The molecule has 1 aromatic heterocycles. The lowest BCUT2D eigenvalue weighted by molar-refractivity contribution is 0.0698. The number of carbonyl (C=O) groups is 2. The van der Waals surface area contributed by atoms with Crippen molar-refractivity contribution in [2.24, 2.45) is 0 Å². The van der Waals surface area contributed by atoms with E-state index >= 15 is 0 Å². The van der Waals surface area contributed by atoms with E-state index < -0.39 is 11.9 Å². The van der Waals surface area contributed by atoms with Crippen molar-refractivity contribution in [3.05, 3.63) is 47.8 Å². The third-order valence-corrected chi connectivity index (χ3v) is 5.51. The van der Waals surface area contributed by atoms with Crippen LogP contribution in [0.2, 0.25) is 10.0 Å². The maximum atomic E-state index is 12.3. The molecule has 2 aromatic rings. The maximum absolute atomic E-state index is 12.3. The summed E-state index contributed by atoms with van der Waals surface area (Å²) in [7, 11) is 0. The smallest absolute Gasteiger partial charge is 0.338 e. The molecule has 1 amide bonds. The van der Waals surface area contributed by atoms with E-state index in [1.807, 2.05) is 22.6 Å². The molecule has 0 spiro atoms. The lowest BCUT2D eigenvalue weighted by Gasteiger charge is -2.08. The van der Waals surface area contributed by atoms with Crippen LogP contribution in [0.15, 0.2) is 18.2 Å². The van der Waals surface area contributed by atoms with Gasteiger partial charge in [-0.25, -0.2) is 4.79 Å². The molecule has 0 radical (unpaired) electrons. The molecule has 2 N–H and O–H groups in total. The van der Waals surface area contributed by atoms with Gasteiger partial charge in [0.15, 0.2) is 0 Å². The molecule has 2 rings (SSSR count). The van der Waals surface area contributed by atoms with Gasteiger partial charge in [-0.05, 0) is 47.7 Å². The molecule has 0 saturated heterocycles. The van der Waals surface area contributed by atoms with Gasteiger partial charge in [0.2, 0.25) is 0 Å². The number of hydrogen-bond donors (Lipinski definition) is 2. The molecule has 0 aliphatic rings. The second-order valence-electron chi connectivity index (χ2n) is 4.11. The average Bonchev–Trinajstić information content (AvgIpc) is 2.74. The second kappa shape index (κ2) is 6.51. The molecule has 110 valence electrons. The normalized spacial score (nSPS) is 10.5. The number of aromatic carboxylic acids is 1. The molecule has 0 unspecified atom stereocenters. The lowest BCUT2D eigenvalue weighted by atomic mass is 10.2. The monoisotopic (exact) mass is 455 g/mol. The van der Waals surface area contributed by atoms with E-state index in [4.69, 9.17) is 28.3 Å². The van der Waals surface area contributed by atoms with E-state index in [-0.39, 0.29) is 10.6 Å². The topological polar surface area (TPSA) is 66.4 Å². The summed E-state index contributed by atoms with van der Waals surface area (Å²) in [4.78, 5) is 24.2. The Bertz CT molecular complexity index is 745.